The van der Waals surface area contributed by atoms with Gasteiger partial charge in [-0.3, -0.25) is 10.1 Å². The van der Waals surface area contributed by atoms with Crippen LogP contribution < -0.4 is 14.8 Å². The van der Waals surface area contributed by atoms with Gasteiger partial charge in [0.15, 0.2) is 17.3 Å². The van der Waals surface area contributed by atoms with Crippen LogP contribution in [0.25, 0.3) is 27.8 Å². The highest BCUT2D eigenvalue weighted by molar-refractivity contribution is 6.10. The second-order valence-electron chi connectivity index (χ2n) is 6.63. The van der Waals surface area contributed by atoms with Gasteiger partial charge in [-0.25, -0.2) is 9.97 Å². The normalized spacial score (nSPS) is 11.0. The van der Waals surface area contributed by atoms with Gasteiger partial charge in [0.05, 0.1) is 25.1 Å². The van der Waals surface area contributed by atoms with Crippen molar-refractivity contribution < 1.29 is 14.3 Å². The Hall–Kier alpha value is -4.47. The van der Waals surface area contributed by atoms with E-state index in [0.717, 1.165) is 16.3 Å². The number of methoxy groups -OCH3 is 2. The summed E-state index contributed by atoms with van der Waals surface area (Å²) in [5.41, 5.74) is 1.95. The third-order valence-corrected chi connectivity index (χ3v) is 4.84. The Balaban J connectivity index is 1.57. The van der Waals surface area contributed by atoms with Crippen LogP contribution in [-0.4, -0.2) is 49.8 Å². The molecule has 5 rings (SSSR count). The molecule has 0 saturated heterocycles. The molecule has 0 aliphatic carbocycles. The van der Waals surface area contributed by atoms with E-state index in [9.17, 15) is 4.79 Å². The van der Waals surface area contributed by atoms with Gasteiger partial charge in [-0.1, -0.05) is 18.2 Å². The number of hydrogen-bond acceptors (Lipinski definition) is 7. The van der Waals surface area contributed by atoms with E-state index in [1.54, 1.807) is 38.5 Å². The van der Waals surface area contributed by atoms with Crippen LogP contribution in [0, 0.1) is 0 Å². The van der Waals surface area contributed by atoms with Crippen molar-refractivity contribution in [3.63, 3.8) is 0 Å². The summed E-state index contributed by atoms with van der Waals surface area (Å²) >= 11 is 0. The van der Waals surface area contributed by atoms with Crippen LogP contribution in [-0.2, 0) is 0 Å². The van der Waals surface area contributed by atoms with Crippen molar-refractivity contribution in [1.29, 1.82) is 0 Å². The molecule has 3 heterocycles. The molecular formula is C21H17N7O3. The summed E-state index contributed by atoms with van der Waals surface area (Å²) in [4.78, 5) is 28.6. The number of ether oxygens (including phenoxy) is 2. The number of H-pyrrole nitrogens is 1. The molecule has 2 N–H and O–H groups in total. The van der Waals surface area contributed by atoms with Gasteiger partial charge >= 0.3 is 0 Å². The van der Waals surface area contributed by atoms with Crippen molar-refractivity contribution in [2.24, 2.45) is 0 Å². The number of carbonyl (C=O) groups is 1. The number of hydrogen-bond donors (Lipinski definition) is 2. The van der Waals surface area contributed by atoms with Crippen LogP contribution in [0.1, 0.15) is 10.4 Å². The molecule has 0 bridgehead atoms. The predicted molar refractivity (Wildman–Crippen MR) is 114 cm³/mol. The molecule has 5 aromatic rings. The van der Waals surface area contributed by atoms with Crippen LogP contribution >= 0.6 is 0 Å². The van der Waals surface area contributed by atoms with Crippen molar-refractivity contribution in [3.8, 4) is 17.3 Å². The molecule has 0 saturated carbocycles. The van der Waals surface area contributed by atoms with Gasteiger partial charge in [0.2, 0.25) is 5.95 Å². The van der Waals surface area contributed by atoms with Crippen LogP contribution in [0.15, 0.2) is 55.1 Å². The fourth-order valence-electron chi connectivity index (χ4n) is 3.40. The molecule has 1 amide bonds. The van der Waals surface area contributed by atoms with Crippen LogP contribution in [0.3, 0.4) is 0 Å². The lowest BCUT2D eigenvalue weighted by Gasteiger charge is -2.07. The topological polar surface area (TPSA) is 120 Å². The van der Waals surface area contributed by atoms with Crippen molar-refractivity contribution in [2.75, 3.05) is 19.5 Å². The van der Waals surface area contributed by atoms with Gasteiger partial charge in [0, 0.05) is 17.0 Å². The smallest absolute Gasteiger partial charge is 0.258 e. The summed E-state index contributed by atoms with van der Waals surface area (Å²) in [6, 6.07) is 12.6. The third kappa shape index (κ3) is 3.19. The van der Waals surface area contributed by atoms with Gasteiger partial charge in [-0.15, -0.1) is 5.10 Å². The number of aromatic nitrogens is 6. The van der Waals surface area contributed by atoms with E-state index in [-0.39, 0.29) is 11.9 Å². The van der Waals surface area contributed by atoms with Gasteiger partial charge in [0.1, 0.15) is 18.3 Å². The predicted octanol–water partition coefficient (Wildman–Crippen LogP) is 2.96. The molecule has 0 radical (unpaired) electrons. The largest absolute Gasteiger partial charge is 0.493 e. The van der Waals surface area contributed by atoms with Crippen molar-refractivity contribution in [3.05, 3.63) is 60.7 Å². The summed E-state index contributed by atoms with van der Waals surface area (Å²) in [5, 5.41) is 8.64. The summed E-state index contributed by atoms with van der Waals surface area (Å²) in [7, 11) is 3.16. The zero-order valence-corrected chi connectivity index (χ0v) is 16.7. The van der Waals surface area contributed by atoms with E-state index in [1.807, 2.05) is 18.2 Å². The molecule has 0 atom stereocenters. The van der Waals surface area contributed by atoms with Gasteiger partial charge in [0.25, 0.3) is 5.91 Å². The molecule has 154 valence electrons. The minimum absolute atomic E-state index is 0.166. The fraction of sp³-hybridized carbons (Fsp3) is 0.0952. The highest BCUT2D eigenvalue weighted by atomic mass is 16.5. The van der Waals surface area contributed by atoms with Gasteiger partial charge in [-0.05, 0) is 18.2 Å². The summed E-state index contributed by atoms with van der Waals surface area (Å²) < 4.78 is 12.3. The fourth-order valence-corrected chi connectivity index (χ4v) is 3.40. The Morgan fingerprint density at radius 1 is 1.03 bits per heavy atom. The molecule has 0 spiro atoms. The first-order valence-electron chi connectivity index (χ1n) is 9.35. The van der Waals surface area contributed by atoms with E-state index in [0.29, 0.717) is 28.5 Å². The highest BCUT2D eigenvalue weighted by Gasteiger charge is 2.17. The number of amides is 1. The summed E-state index contributed by atoms with van der Waals surface area (Å²) in [5.74, 6) is 1.56. The van der Waals surface area contributed by atoms with Gasteiger partial charge in [-0.2, -0.15) is 9.67 Å². The van der Waals surface area contributed by atoms with E-state index >= 15 is 0 Å². The minimum Gasteiger partial charge on any atom is -0.493 e. The maximum Gasteiger partial charge on any atom is 0.258 e. The number of fused-ring (bicyclic) bond motifs is 3. The van der Waals surface area contributed by atoms with E-state index in [2.05, 4.69) is 30.4 Å². The highest BCUT2D eigenvalue weighted by Crippen LogP contribution is 2.36. The third-order valence-electron chi connectivity index (χ3n) is 4.84. The number of nitrogens with one attached hydrogen (secondary N) is 2. The monoisotopic (exact) mass is 415 g/mol. The molecule has 2 aromatic carbocycles. The molecule has 0 aliphatic heterocycles. The first-order chi connectivity index (χ1) is 15.2. The Morgan fingerprint density at radius 2 is 1.81 bits per heavy atom. The number of rotatable bonds is 5. The molecule has 0 unspecified atom stereocenters. The number of carbonyl (C=O) groups excluding carboxylic acids is 1. The maximum atomic E-state index is 12.4. The average molecular weight is 415 g/mol. The van der Waals surface area contributed by atoms with E-state index in [1.165, 1.54) is 17.3 Å². The molecule has 0 aliphatic rings. The molecule has 31 heavy (non-hydrogen) atoms. The second-order valence-corrected chi connectivity index (χ2v) is 6.63. The minimum atomic E-state index is -0.296. The number of nitrogens with zero attached hydrogens (tertiary/aromatic N) is 5. The van der Waals surface area contributed by atoms with Crippen molar-refractivity contribution in [1.82, 2.24) is 29.7 Å². The van der Waals surface area contributed by atoms with Gasteiger partial charge < -0.3 is 14.5 Å². The zero-order valence-electron chi connectivity index (χ0n) is 16.7. The number of benzene rings is 2. The van der Waals surface area contributed by atoms with Crippen molar-refractivity contribution >= 4 is 33.8 Å². The molecule has 0 fully saturated rings. The summed E-state index contributed by atoms with van der Waals surface area (Å²) in [6.45, 7) is 0. The zero-order chi connectivity index (χ0) is 21.4. The lowest BCUT2D eigenvalue weighted by atomic mass is 10.2. The first-order valence-corrected chi connectivity index (χ1v) is 9.35. The molecular weight excluding hydrogens is 398 g/mol. The Kier molecular flexibility index (Phi) is 4.43. The lowest BCUT2D eigenvalue weighted by Crippen LogP contribution is -2.13. The maximum absolute atomic E-state index is 12.4. The number of anilines is 1. The Labute approximate surface area is 175 Å². The van der Waals surface area contributed by atoms with E-state index < -0.39 is 0 Å². The molecule has 10 nitrogen and oxygen atoms in total. The number of aromatic amines is 1. The lowest BCUT2D eigenvalue weighted by molar-refractivity contribution is 0.102. The standard InChI is InChI=1S/C21H17N7O3/c1-30-15-8-13-14(9-16(15)31-2)25-18-17(13)19(23-10-22-18)28-11-24-21(27-28)26-20(29)12-6-4-3-5-7-12/h3-11H,1-2H3,(H,22,23,25)(H,26,27,29). The van der Waals surface area contributed by atoms with Crippen LogP contribution in [0.5, 0.6) is 11.5 Å². The van der Waals surface area contributed by atoms with E-state index in [4.69, 9.17) is 9.47 Å². The second kappa shape index (κ2) is 7.41. The SMILES string of the molecule is COc1cc2[nH]c3ncnc(-n4cnc(NC(=O)c5ccccc5)n4)c3c2cc1OC. The summed E-state index contributed by atoms with van der Waals surface area (Å²) in [6.07, 6.45) is 2.92. The molecule has 10 heteroatoms. The Bertz CT molecular complexity index is 1410. The van der Waals surface area contributed by atoms with Crippen LogP contribution in [0.4, 0.5) is 5.95 Å². The van der Waals surface area contributed by atoms with Crippen LogP contribution in [0.2, 0.25) is 0 Å². The van der Waals surface area contributed by atoms with Crippen molar-refractivity contribution in [2.45, 2.75) is 0 Å². The quantitative estimate of drug-likeness (QED) is 0.453. The Morgan fingerprint density at radius 3 is 2.58 bits per heavy atom. The first kappa shape index (κ1) is 18.6. The molecule has 3 aromatic heterocycles. The average Bonchev–Trinajstić information content (AvgIpc) is 3.42.